The number of aromatic nitrogens is 2. The van der Waals surface area contributed by atoms with Gasteiger partial charge in [0.15, 0.2) is 0 Å². The first-order valence-electron chi connectivity index (χ1n) is 4.92. The number of anilines is 1. The highest BCUT2D eigenvalue weighted by Crippen LogP contribution is 2.22. The number of fused-ring (bicyclic) bond motifs is 1. The van der Waals surface area contributed by atoms with Crippen LogP contribution in [0.1, 0.15) is 5.69 Å². The lowest BCUT2D eigenvalue weighted by Crippen LogP contribution is -2.06. The third-order valence-electron chi connectivity index (χ3n) is 2.32. The fourth-order valence-electron chi connectivity index (χ4n) is 1.60. The van der Waals surface area contributed by atoms with E-state index < -0.39 is 5.97 Å². The van der Waals surface area contributed by atoms with Crippen LogP contribution in [0.5, 0.6) is 5.75 Å². The van der Waals surface area contributed by atoms with Gasteiger partial charge >= 0.3 is 5.97 Å². The van der Waals surface area contributed by atoms with Crippen molar-refractivity contribution in [3.63, 3.8) is 0 Å². The number of carboxylic acid groups (broad SMARTS) is 1. The molecule has 3 N–H and O–H groups in total. The zero-order chi connectivity index (χ0) is 12.4. The lowest BCUT2D eigenvalue weighted by Gasteiger charge is -2.06. The molecular formula is C11H11N3O3. The van der Waals surface area contributed by atoms with E-state index in [-0.39, 0.29) is 12.4 Å². The van der Waals surface area contributed by atoms with E-state index >= 15 is 0 Å². The van der Waals surface area contributed by atoms with E-state index in [1.807, 2.05) is 0 Å². The summed E-state index contributed by atoms with van der Waals surface area (Å²) in [5.74, 6) is -0.265. The van der Waals surface area contributed by atoms with Crippen LogP contribution in [0.25, 0.3) is 10.9 Å². The Kier molecular flexibility index (Phi) is 2.78. The predicted octanol–water partition coefficient (Wildman–Crippen LogP) is 0.848. The second-order valence-electron chi connectivity index (χ2n) is 3.48. The Labute approximate surface area is 97.1 Å². The van der Waals surface area contributed by atoms with Crippen LogP contribution in [-0.2, 0) is 11.2 Å². The summed E-state index contributed by atoms with van der Waals surface area (Å²) in [6, 6.07) is 5.15. The van der Waals surface area contributed by atoms with Gasteiger partial charge in [0.1, 0.15) is 5.75 Å². The van der Waals surface area contributed by atoms with Gasteiger partial charge in [-0.2, -0.15) is 0 Å². The van der Waals surface area contributed by atoms with Crippen LogP contribution in [0, 0.1) is 0 Å². The molecule has 0 spiro atoms. The van der Waals surface area contributed by atoms with E-state index in [1.54, 1.807) is 25.3 Å². The minimum absolute atomic E-state index is 0.0574. The molecule has 0 saturated heterocycles. The van der Waals surface area contributed by atoms with Gasteiger partial charge in [-0.25, -0.2) is 9.97 Å². The Hall–Kier alpha value is -2.37. The largest absolute Gasteiger partial charge is 0.497 e. The number of carboxylic acids is 1. The highest BCUT2D eigenvalue weighted by atomic mass is 16.5. The smallest absolute Gasteiger partial charge is 0.309 e. The van der Waals surface area contributed by atoms with Gasteiger partial charge < -0.3 is 15.6 Å². The number of aliphatic carboxylic acids is 1. The maximum absolute atomic E-state index is 10.7. The molecule has 0 aliphatic rings. The normalized spacial score (nSPS) is 10.4. The van der Waals surface area contributed by atoms with Gasteiger partial charge in [0.2, 0.25) is 5.95 Å². The van der Waals surface area contributed by atoms with Crippen molar-refractivity contribution in [3.05, 3.63) is 23.9 Å². The molecule has 0 amide bonds. The monoisotopic (exact) mass is 233 g/mol. The second kappa shape index (κ2) is 4.25. The van der Waals surface area contributed by atoms with E-state index in [0.29, 0.717) is 22.3 Å². The average Bonchev–Trinajstić information content (AvgIpc) is 2.27. The van der Waals surface area contributed by atoms with Gasteiger partial charge in [0, 0.05) is 11.5 Å². The van der Waals surface area contributed by atoms with E-state index in [0.717, 1.165) is 0 Å². The zero-order valence-corrected chi connectivity index (χ0v) is 9.17. The van der Waals surface area contributed by atoms with E-state index in [2.05, 4.69) is 9.97 Å². The Balaban J connectivity index is 2.63. The van der Waals surface area contributed by atoms with Crippen molar-refractivity contribution < 1.29 is 14.6 Å². The van der Waals surface area contributed by atoms with Crippen molar-refractivity contribution in [1.29, 1.82) is 0 Å². The fraction of sp³-hybridized carbons (Fsp3) is 0.182. The Bertz CT molecular complexity index is 583. The summed E-state index contributed by atoms with van der Waals surface area (Å²) in [5.41, 5.74) is 6.52. The van der Waals surface area contributed by atoms with Gasteiger partial charge in [-0.15, -0.1) is 0 Å². The number of rotatable bonds is 3. The number of hydrogen-bond donors (Lipinski definition) is 2. The van der Waals surface area contributed by atoms with E-state index in [9.17, 15) is 4.79 Å². The van der Waals surface area contributed by atoms with Crippen LogP contribution in [0.3, 0.4) is 0 Å². The molecule has 0 saturated carbocycles. The molecule has 1 aromatic heterocycles. The molecule has 2 rings (SSSR count). The van der Waals surface area contributed by atoms with Crippen LogP contribution >= 0.6 is 0 Å². The van der Waals surface area contributed by atoms with E-state index in [4.69, 9.17) is 15.6 Å². The quantitative estimate of drug-likeness (QED) is 0.815. The third-order valence-corrected chi connectivity index (χ3v) is 2.32. The molecule has 2 aromatic rings. The molecular weight excluding hydrogens is 222 g/mol. The van der Waals surface area contributed by atoms with Gasteiger partial charge in [-0.05, 0) is 12.1 Å². The lowest BCUT2D eigenvalue weighted by atomic mass is 10.1. The van der Waals surface area contributed by atoms with Crippen molar-refractivity contribution in [1.82, 2.24) is 9.97 Å². The summed E-state index contributed by atoms with van der Waals surface area (Å²) < 4.78 is 5.07. The number of nitrogens with zero attached hydrogens (tertiary/aromatic N) is 2. The van der Waals surface area contributed by atoms with Crippen LogP contribution < -0.4 is 10.5 Å². The number of ether oxygens (including phenoxy) is 1. The third kappa shape index (κ3) is 2.25. The number of methoxy groups -OCH3 is 1. The van der Waals surface area contributed by atoms with Crippen molar-refractivity contribution in [3.8, 4) is 5.75 Å². The summed E-state index contributed by atoms with van der Waals surface area (Å²) in [7, 11) is 1.55. The molecule has 1 heterocycles. The topological polar surface area (TPSA) is 98.3 Å². The first kappa shape index (κ1) is 11.1. The highest BCUT2D eigenvalue weighted by molar-refractivity contribution is 5.86. The molecule has 0 bridgehead atoms. The molecule has 0 unspecified atom stereocenters. The highest BCUT2D eigenvalue weighted by Gasteiger charge is 2.10. The van der Waals surface area contributed by atoms with Crippen molar-refractivity contribution in [2.45, 2.75) is 6.42 Å². The molecule has 1 aromatic carbocycles. The molecule has 6 heteroatoms. The number of benzene rings is 1. The number of carbonyl (C=O) groups is 1. The van der Waals surface area contributed by atoms with Gasteiger partial charge in [0.25, 0.3) is 0 Å². The summed E-state index contributed by atoms with van der Waals surface area (Å²) in [6.07, 6.45) is -0.185. The van der Waals surface area contributed by atoms with Gasteiger partial charge in [-0.3, -0.25) is 4.79 Å². The van der Waals surface area contributed by atoms with Crippen LogP contribution in [0.4, 0.5) is 5.95 Å². The van der Waals surface area contributed by atoms with Crippen molar-refractivity contribution in [2.24, 2.45) is 0 Å². The van der Waals surface area contributed by atoms with Gasteiger partial charge in [0.05, 0.1) is 24.7 Å². The van der Waals surface area contributed by atoms with Gasteiger partial charge in [-0.1, -0.05) is 0 Å². The summed E-state index contributed by atoms with van der Waals surface area (Å²) in [4.78, 5) is 18.7. The first-order chi connectivity index (χ1) is 8.10. The minimum atomic E-state index is -0.958. The maximum atomic E-state index is 10.7. The molecule has 0 aliphatic heterocycles. The number of nitrogen functional groups attached to an aromatic ring is 1. The summed E-state index contributed by atoms with van der Waals surface area (Å²) in [6.45, 7) is 0. The summed E-state index contributed by atoms with van der Waals surface area (Å²) >= 11 is 0. The predicted molar refractivity (Wildman–Crippen MR) is 61.8 cm³/mol. The molecule has 0 radical (unpaired) electrons. The van der Waals surface area contributed by atoms with Crippen LogP contribution in [0.2, 0.25) is 0 Å². The Morgan fingerprint density at radius 2 is 2.24 bits per heavy atom. The van der Waals surface area contributed by atoms with Crippen LogP contribution in [0.15, 0.2) is 18.2 Å². The second-order valence-corrected chi connectivity index (χ2v) is 3.48. The standard InChI is InChI=1S/C11H11N3O3/c1-17-6-2-3-7-8(4-6)13-11(12)14-9(7)5-10(15)16/h2-4H,5H2,1H3,(H,15,16)(H2,12,13,14). The summed E-state index contributed by atoms with van der Waals surface area (Å²) in [5, 5.41) is 9.46. The number of hydrogen-bond acceptors (Lipinski definition) is 5. The SMILES string of the molecule is COc1ccc2c(CC(=O)O)nc(N)nc2c1. The molecule has 0 atom stereocenters. The molecule has 0 aliphatic carbocycles. The molecule has 0 fully saturated rings. The first-order valence-corrected chi connectivity index (χ1v) is 4.92. The minimum Gasteiger partial charge on any atom is -0.497 e. The average molecular weight is 233 g/mol. The Morgan fingerprint density at radius 1 is 1.47 bits per heavy atom. The van der Waals surface area contributed by atoms with Crippen molar-refractivity contribution in [2.75, 3.05) is 12.8 Å². The zero-order valence-electron chi connectivity index (χ0n) is 9.17. The van der Waals surface area contributed by atoms with Crippen LogP contribution in [-0.4, -0.2) is 28.2 Å². The fourth-order valence-corrected chi connectivity index (χ4v) is 1.60. The molecule has 88 valence electrons. The molecule has 6 nitrogen and oxygen atoms in total. The Morgan fingerprint density at radius 3 is 2.88 bits per heavy atom. The lowest BCUT2D eigenvalue weighted by molar-refractivity contribution is -0.136. The number of nitrogens with two attached hydrogens (primary N) is 1. The van der Waals surface area contributed by atoms with E-state index in [1.165, 1.54) is 0 Å². The molecule has 17 heavy (non-hydrogen) atoms. The van der Waals surface area contributed by atoms with Crippen molar-refractivity contribution >= 4 is 22.8 Å². The maximum Gasteiger partial charge on any atom is 0.309 e.